The molecule has 0 saturated heterocycles. The van der Waals surface area contributed by atoms with Crippen molar-refractivity contribution in [3.63, 3.8) is 0 Å². The van der Waals surface area contributed by atoms with Crippen LogP contribution in [-0.2, 0) is 13.1 Å². The summed E-state index contributed by atoms with van der Waals surface area (Å²) in [7, 11) is 0. The molecule has 154 valence electrons. The van der Waals surface area contributed by atoms with Gasteiger partial charge in [-0.2, -0.15) is 5.10 Å². The van der Waals surface area contributed by atoms with Crippen LogP contribution in [0.2, 0.25) is 5.02 Å². The zero-order valence-electron chi connectivity index (χ0n) is 16.9. The van der Waals surface area contributed by atoms with Crippen LogP contribution in [0.5, 0.6) is 0 Å². The fraction of sp³-hybridized carbons (Fsp3) is 0.273. The molecule has 1 amide bonds. The molecule has 0 bridgehead atoms. The molecule has 0 atom stereocenters. The van der Waals surface area contributed by atoms with Crippen molar-refractivity contribution >= 4 is 28.4 Å². The number of carbonyl (C=O) groups is 1. The topological polar surface area (TPSA) is 77.6 Å². The number of fused-ring (bicyclic) bond motifs is 1. The second-order valence-electron chi connectivity index (χ2n) is 7.44. The number of halogens is 1. The van der Waals surface area contributed by atoms with Crippen LogP contribution < -0.4 is 5.32 Å². The normalized spacial score (nSPS) is 11.3. The third-order valence-electron chi connectivity index (χ3n) is 4.97. The Bertz CT molecular complexity index is 1160. The van der Waals surface area contributed by atoms with Crippen molar-refractivity contribution in [3.8, 4) is 0 Å². The Hall–Kier alpha value is -3.19. The lowest BCUT2D eigenvalue weighted by Gasteiger charge is -2.09. The number of nitrogens with zero attached hydrogens (tertiary/aromatic N) is 5. The van der Waals surface area contributed by atoms with Gasteiger partial charge in [-0.25, -0.2) is 4.68 Å². The molecule has 0 fully saturated rings. The Morgan fingerprint density at radius 3 is 2.63 bits per heavy atom. The maximum Gasteiger partial charge on any atom is 0.272 e. The van der Waals surface area contributed by atoms with Gasteiger partial charge in [0.1, 0.15) is 0 Å². The molecule has 30 heavy (non-hydrogen) atoms. The fourth-order valence-corrected chi connectivity index (χ4v) is 3.55. The highest BCUT2D eigenvalue weighted by atomic mass is 35.5. The van der Waals surface area contributed by atoms with Gasteiger partial charge in [-0.15, -0.1) is 5.10 Å². The van der Waals surface area contributed by atoms with E-state index in [4.69, 9.17) is 11.6 Å². The summed E-state index contributed by atoms with van der Waals surface area (Å²) < 4.78 is 3.67. The van der Waals surface area contributed by atoms with E-state index in [0.29, 0.717) is 36.3 Å². The quantitative estimate of drug-likeness (QED) is 0.490. The molecule has 4 aromatic rings. The molecule has 4 rings (SSSR count). The van der Waals surface area contributed by atoms with E-state index in [1.807, 2.05) is 57.9 Å². The van der Waals surface area contributed by atoms with Crippen molar-refractivity contribution in [3.05, 3.63) is 76.7 Å². The van der Waals surface area contributed by atoms with Crippen LogP contribution in [0.3, 0.4) is 0 Å². The molecule has 0 spiro atoms. The van der Waals surface area contributed by atoms with Crippen molar-refractivity contribution in [2.45, 2.75) is 32.9 Å². The van der Waals surface area contributed by atoms with E-state index in [9.17, 15) is 4.79 Å². The van der Waals surface area contributed by atoms with Gasteiger partial charge < -0.3 is 5.32 Å². The first-order chi connectivity index (χ1) is 14.5. The van der Waals surface area contributed by atoms with Crippen LogP contribution in [0.15, 0.2) is 54.7 Å². The minimum absolute atomic E-state index is 0.202. The SMILES string of the molecule is CC(C)c1cnnn1CCNC(=O)c1nn(Cc2ccc(Cl)cc2)c2ccccc12. The average molecular weight is 423 g/mol. The largest absolute Gasteiger partial charge is 0.349 e. The smallest absolute Gasteiger partial charge is 0.272 e. The molecule has 1 N–H and O–H groups in total. The number of hydrogen-bond acceptors (Lipinski definition) is 4. The highest BCUT2D eigenvalue weighted by Gasteiger charge is 2.17. The lowest BCUT2D eigenvalue weighted by atomic mass is 10.1. The summed E-state index contributed by atoms with van der Waals surface area (Å²) in [4.78, 5) is 12.9. The van der Waals surface area contributed by atoms with Crippen molar-refractivity contribution in [1.82, 2.24) is 30.1 Å². The molecular formula is C22H23ClN6O. The van der Waals surface area contributed by atoms with E-state index in [2.05, 4.69) is 34.6 Å². The molecule has 0 aliphatic rings. The maximum absolute atomic E-state index is 12.9. The van der Waals surface area contributed by atoms with Gasteiger partial charge in [0.05, 0.1) is 30.5 Å². The Balaban J connectivity index is 1.51. The number of benzene rings is 2. The van der Waals surface area contributed by atoms with Gasteiger partial charge in [-0.3, -0.25) is 9.48 Å². The fourth-order valence-electron chi connectivity index (χ4n) is 3.42. The first kappa shape index (κ1) is 20.1. The predicted molar refractivity (Wildman–Crippen MR) is 117 cm³/mol. The van der Waals surface area contributed by atoms with Crippen LogP contribution in [-0.4, -0.2) is 37.2 Å². The molecule has 0 aliphatic carbocycles. The van der Waals surface area contributed by atoms with E-state index in [0.717, 1.165) is 22.2 Å². The highest BCUT2D eigenvalue weighted by molar-refractivity contribution is 6.30. The van der Waals surface area contributed by atoms with Gasteiger partial charge in [-0.1, -0.05) is 61.0 Å². The van der Waals surface area contributed by atoms with Crippen LogP contribution in [0.1, 0.15) is 41.5 Å². The van der Waals surface area contributed by atoms with E-state index >= 15 is 0 Å². The Morgan fingerprint density at radius 2 is 1.87 bits per heavy atom. The molecule has 2 aromatic carbocycles. The summed E-state index contributed by atoms with van der Waals surface area (Å²) in [6.07, 6.45) is 1.76. The van der Waals surface area contributed by atoms with Crippen LogP contribution in [0, 0.1) is 0 Å². The van der Waals surface area contributed by atoms with Crippen molar-refractivity contribution in [1.29, 1.82) is 0 Å². The van der Waals surface area contributed by atoms with Gasteiger partial charge in [-0.05, 0) is 29.7 Å². The van der Waals surface area contributed by atoms with Crippen LogP contribution in [0.25, 0.3) is 10.9 Å². The first-order valence-corrected chi connectivity index (χ1v) is 10.3. The number of para-hydroxylation sites is 1. The predicted octanol–water partition coefficient (Wildman–Crippen LogP) is 3.88. The number of amides is 1. The van der Waals surface area contributed by atoms with Crippen molar-refractivity contribution in [2.24, 2.45) is 0 Å². The zero-order valence-corrected chi connectivity index (χ0v) is 17.7. The highest BCUT2D eigenvalue weighted by Crippen LogP contribution is 2.20. The van der Waals surface area contributed by atoms with E-state index in [-0.39, 0.29) is 5.91 Å². The van der Waals surface area contributed by atoms with Crippen molar-refractivity contribution in [2.75, 3.05) is 6.54 Å². The summed E-state index contributed by atoms with van der Waals surface area (Å²) in [5.74, 6) is 0.121. The molecule has 2 aromatic heterocycles. The number of hydrogen-bond donors (Lipinski definition) is 1. The molecule has 0 aliphatic heterocycles. The monoisotopic (exact) mass is 422 g/mol. The van der Waals surface area contributed by atoms with E-state index < -0.39 is 0 Å². The first-order valence-electron chi connectivity index (χ1n) is 9.89. The van der Waals surface area contributed by atoms with Gasteiger partial charge in [0, 0.05) is 17.0 Å². The van der Waals surface area contributed by atoms with Gasteiger partial charge in [0.2, 0.25) is 0 Å². The number of aromatic nitrogens is 5. The van der Waals surface area contributed by atoms with Gasteiger partial charge >= 0.3 is 0 Å². The third-order valence-corrected chi connectivity index (χ3v) is 5.22. The molecular weight excluding hydrogens is 400 g/mol. The Kier molecular flexibility index (Phi) is 5.81. The minimum atomic E-state index is -0.202. The number of carbonyl (C=O) groups excluding carboxylic acids is 1. The van der Waals surface area contributed by atoms with Crippen LogP contribution >= 0.6 is 11.6 Å². The zero-order chi connectivity index (χ0) is 21.1. The Labute approximate surface area is 179 Å². The van der Waals surface area contributed by atoms with Gasteiger partial charge in [0.15, 0.2) is 5.69 Å². The molecule has 2 heterocycles. The average Bonchev–Trinajstić information content (AvgIpc) is 3.35. The number of rotatable bonds is 7. The summed E-state index contributed by atoms with van der Waals surface area (Å²) in [5.41, 5.74) is 3.44. The summed E-state index contributed by atoms with van der Waals surface area (Å²) in [5, 5.41) is 17.1. The lowest BCUT2D eigenvalue weighted by Crippen LogP contribution is -2.28. The lowest BCUT2D eigenvalue weighted by molar-refractivity contribution is 0.0947. The van der Waals surface area contributed by atoms with Crippen LogP contribution in [0.4, 0.5) is 0 Å². The summed E-state index contributed by atoms with van der Waals surface area (Å²) >= 11 is 5.98. The Morgan fingerprint density at radius 1 is 1.10 bits per heavy atom. The molecule has 7 nitrogen and oxygen atoms in total. The van der Waals surface area contributed by atoms with Crippen molar-refractivity contribution < 1.29 is 4.79 Å². The second-order valence-corrected chi connectivity index (χ2v) is 7.88. The third kappa shape index (κ3) is 4.21. The molecule has 0 radical (unpaired) electrons. The van der Waals surface area contributed by atoms with E-state index in [1.54, 1.807) is 6.20 Å². The number of nitrogens with one attached hydrogen (secondary N) is 1. The van der Waals surface area contributed by atoms with E-state index in [1.165, 1.54) is 0 Å². The second kappa shape index (κ2) is 8.67. The molecule has 8 heteroatoms. The van der Waals surface area contributed by atoms with Gasteiger partial charge in [0.25, 0.3) is 5.91 Å². The summed E-state index contributed by atoms with van der Waals surface area (Å²) in [6, 6.07) is 15.4. The minimum Gasteiger partial charge on any atom is -0.349 e. The summed E-state index contributed by atoms with van der Waals surface area (Å²) in [6.45, 7) is 5.74. The standard InChI is InChI=1S/C22H23ClN6O/c1-15(2)20-13-25-27-28(20)12-11-24-22(30)21-18-5-3-4-6-19(18)29(26-21)14-16-7-9-17(23)10-8-16/h3-10,13,15H,11-12,14H2,1-2H3,(H,24,30). The molecule has 0 unspecified atom stereocenters. The molecule has 0 saturated carbocycles. The maximum atomic E-state index is 12.9.